The number of rotatable bonds is 7. The molecule has 0 aliphatic heterocycles. The molecule has 0 bridgehead atoms. The third-order valence-corrected chi connectivity index (χ3v) is 5.98. The van der Waals surface area contributed by atoms with Gasteiger partial charge in [0.25, 0.3) is 0 Å². The molecule has 0 radical (unpaired) electrons. The molecule has 1 rings (SSSR count). The van der Waals surface area contributed by atoms with Crippen LogP contribution in [0.5, 0.6) is 5.75 Å². The van der Waals surface area contributed by atoms with Crippen LogP contribution in [0, 0.1) is 0 Å². The van der Waals surface area contributed by atoms with Crippen molar-refractivity contribution in [1.29, 1.82) is 0 Å². The van der Waals surface area contributed by atoms with E-state index in [1.807, 2.05) is 0 Å². The van der Waals surface area contributed by atoms with Gasteiger partial charge in [0.05, 0.1) is 12.9 Å². The Balaban J connectivity index is 3.12. The summed E-state index contributed by atoms with van der Waals surface area (Å²) >= 11 is 5.70. The molecular formula is C12H18ClNO5S2. The lowest BCUT2D eigenvalue weighted by molar-refractivity contribution is 0.398. The van der Waals surface area contributed by atoms with E-state index in [1.165, 1.54) is 20.2 Å². The van der Waals surface area contributed by atoms with Gasteiger partial charge in [-0.2, -0.15) is 4.31 Å². The minimum Gasteiger partial charge on any atom is -0.495 e. The first-order chi connectivity index (χ1) is 9.61. The molecular weight excluding hydrogens is 338 g/mol. The first kappa shape index (κ1) is 18.2. The van der Waals surface area contributed by atoms with Crippen LogP contribution in [0.4, 0.5) is 0 Å². The van der Waals surface area contributed by atoms with Crippen LogP contribution in [-0.4, -0.2) is 53.9 Å². The summed E-state index contributed by atoms with van der Waals surface area (Å²) in [6, 6.07) is 4.54. The summed E-state index contributed by atoms with van der Waals surface area (Å²) in [7, 11) is -4.38. The van der Waals surface area contributed by atoms with Gasteiger partial charge >= 0.3 is 0 Å². The Bertz CT molecular complexity index is 700. The Morgan fingerprint density at radius 2 is 1.86 bits per heavy atom. The van der Waals surface area contributed by atoms with Gasteiger partial charge in [0.1, 0.15) is 20.5 Å². The summed E-state index contributed by atoms with van der Waals surface area (Å²) in [5.41, 5.74) is 0.728. The molecule has 0 amide bonds. The largest absolute Gasteiger partial charge is 0.495 e. The van der Waals surface area contributed by atoms with Crippen LogP contribution in [0.2, 0.25) is 0 Å². The number of hydrogen-bond donors (Lipinski definition) is 0. The number of nitrogens with zero attached hydrogens (tertiary/aromatic N) is 1. The maximum absolute atomic E-state index is 12.4. The number of ether oxygens (including phenoxy) is 1. The molecule has 0 fully saturated rings. The zero-order chi connectivity index (χ0) is 16.3. The summed E-state index contributed by atoms with van der Waals surface area (Å²) in [6.07, 6.45) is 1.06. The van der Waals surface area contributed by atoms with Crippen LogP contribution in [0.15, 0.2) is 23.1 Å². The molecule has 0 aliphatic rings. The molecule has 21 heavy (non-hydrogen) atoms. The van der Waals surface area contributed by atoms with Crippen molar-refractivity contribution in [3.63, 3.8) is 0 Å². The number of methoxy groups -OCH3 is 1. The minimum absolute atomic E-state index is 0.0186. The molecule has 0 saturated carbocycles. The smallest absolute Gasteiger partial charge is 0.246 e. The Kier molecular flexibility index (Phi) is 6.03. The van der Waals surface area contributed by atoms with Crippen LogP contribution in [0.1, 0.15) is 5.56 Å². The van der Waals surface area contributed by atoms with Crippen molar-refractivity contribution >= 4 is 31.5 Å². The van der Waals surface area contributed by atoms with Crippen LogP contribution in [0.3, 0.4) is 0 Å². The third-order valence-electron chi connectivity index (χ3n) is 2.85. The number of hydrogen-bond acceptors (Lipinski definition) is 5. The first-order valence-corrected chi connectivity index (χ1v) is 10.0. The van der Waals surface area contributed by atoms with E-state index in [2.05, 4.69) is 0 Å². The number of halogens is 1. The Morgan fingerprint density at radius 1 is 1.24 bits per heavy atom. The summed E-state index contributed by atoms with van der Waals surface area (Å²) in [5.74, 6) is 0.171. The molecule has 0 aromatic heterocycles. The zero-order valence-electron chi connectivity index (χ0n) is 12.0. The summed E-state index contributed by atoms with van der Waals surface area (Å²) in [5, 5.41) is 0. The van der Waals surface area contributed by atoms with E-state index in [0.717, 1.165) is 16.1 Å². The van der Waals surface area contributed by atoms with Crippen molar-refractivity contribution in [2.24, 2.45) is 0 Å². The third kappa shape index (κ3) is 4.84. The van der Waals surface area contributed by atoms with Crippen molar-refractivity contribution in [1.82, 2.24) is 4.31 Å². The van der Waals surface area contributed by atoms with Crippen molar-refractivity contribution < 1.29 is 21.6 Å². The number of sulfonamides is 1. The highest BCUT2D eigenvalue weighted by molar-refractivity contribution is 7.91. The maximum atomic E-state index is 12.4. The fraction of sp³-hybridized carbons (Fsp3) is 0.500. The molecule has 120 valence electrons. The van der Waals surface area contributed by atoms with E-state index in [-0.39, 0.29) is 28.8 Å². The van der Waals surface area contributed by atoms with Crippen LogP contribution >= 0.6 is 11.6 Å². The lowest BCUT2D eigenvalue weighted by atomic mass is 10.2. The fourth-order valence-corrected chi connectivity index (χ4v) is 3.78. The number of benzene rings is 1. The van der Waals surface area contributed by atoms with E-state index in [4.69, 9.17) is 16.3 Å². The fourth-order valence-electron chi connectivity index (χ4n) is 1.59. The van der Waals surface area contributed by atoms with E-state index < -0.39 is 19.9 Å². The van der Waals surface area contributed by atoms with Crippen LogP contribution < -0.4 is 4.74 Å². The molecule has 0 heterocycles. The van der Waals surface area contributed by atoms with E-state index in [9.17, 15) is 16.8 Å². The van der Waals surface area contributed by atoms with Gasteiger partial charge in [-0.05, 0) is 17.7 Å². The SMILES string of the molecule is COc1cc(CCl)ccc1S(=O)(=O)N(C)CCS(C)(=O)=O. The molecule has 0 atom stereocenters. The van der Waals surface area contributed by atoms with Gasteiger partial charge < -0.3 is 4.74 Å². The number of alkyl halides is 1. The second-order valence-electron chi connectivity index (χ2n) is 4.58. The molecule has 1 aromatic carbocycles. The molecule has 0 aliphatic carbocycles. The number of sulfone groups is 1. The Morgan fingerprint density at radius 3 is 2.33 bits per heavy atom. The molecule has 0 spiro atoms. The van der Waals surface area contributed by atoms with Gasteiger partial charge in [-0.25, -0.2) is 16.8 Å². The van der Waals surface area contributed by atoms with Crippen molar-refractivity contribution in [3.05, 3.63) is 23.8 Å². The minimum atomic E-state index is -3.83. The highest BCUT2D eigenvalue weighted by Gasteiger charge is 2.25. The standard InChI is InChI=1S/C12H18ClNO5S2/c1-14(6-7-20(3,15)16)21(17,18)12-5-4-10(9-13)8-11(12)19-2/h4-5,8H,6-7,9H2,1-3H3. The molecule has 0 N–H and O–H groups in total. The Labute approximate surface area is 130 Å². The summed E-state index contributed by atoms with van der Waals surface area (Å²) < 4.78 is 53.3. The van der Waals surface area contributed by atoms with Gasteiger partial charge in [-0.15, -0.1) is 11.6 Å². The van der Waals surface area contributed by atoms with Gasteiger partial charge in [-0.1, -0.05) is 6.07 Å². The molecule has 0 saturated heterocycles. The van der Waals surface area contributed by atoms with Crippen molar-refractivity contribution in [3.8, 4) is 5.75 Å². The van der Waals surface area contributed by atoms with E-state index in [0.29, 0.717) is 0 Å². The van der Waals surface area contributed by atoms with Gasteiger partial charge in [0.2, 0.25) is 10.0 Å². The normalized spacial score (nSPS) is 12.6. The van der Waals surface area contributed by atoms with Crippen molar-refractivity contribution in [2.45, 2.75) is 10.8 Å². The van der Waals surface area contributed by atoms with Gasteiger partial charge in [-0.3, -0.25) is 0 Å². The molecule has 6 nitrogen and oxygen atoms in total. The maximum Gasteiger partial charge on any atom is 0.246 e. The molecule has 0 unspecified atom stereocenters. The second kappa shape index (κ2) is 6.95. The second-order valence-corrected chi connectivity index (χ2v) is 9.12. The predicted octanol–water partition coefficient (Wildman–Crippen LogP) is 1.10. The molecule has 1 aromatic rings. The Hall–Kier alpha value is -0.830. The lowest BCUT2D eigenvalue weighted by Gasteiger charge is -2.18. The predicted molar refractivity (Wildman–Crippen MR) is 82.1 cm³/mol. The quantitative estimate of drug-likeness (QED) is 0.684. The van der Waals surface area contributed by atoms with Crippen molar-refractivity contribution in [2.75, 3.05) is 32.7 Å². The summed E-state index contributed by atoms with van der Waals surface area (Å²) in [6.45, 7) is -0.123. The van der Waals surface area contributed by atoms with E-state index >= 15 is 0 Å². The van der Waals surface area contributed by atoms with Gasteiger partial charge in [0.15, 0.2) is 0 Å². The van der Waals surface area contributed by atoms with Crippen LogP contribution in [0.25, 0.3) is 0 Å². The zero-order valence-corrected chi connectivity index (χ0v) is 14.4. The summed E-state index contributed by atoms with van der Waals surface area (Å²) in [4.78, 5) is -0.0186. The lowest BCUT2D eigenvalue weighted by Crippen LogP contribution is -2.31. The average Bonchev–Trinajstić information content (AvgIpc) is 2.42. The average molecular weight is 356 g/mol. The van der Waals surface area contributed by atoms with Crippen LogP contribution in [-0.2, 0) is 25.7 Å². The topological polar surface area (TPSA) is 80.8 Å². The van der Waals surface area contributed by atoms with Gasteiger partial charge in [0, 0.05) is 25.7 Å². The molecule has 9 heteroatoms. The highest BCUT2D eigenvalue weighted by Crippen LogP contribution is 2.27. The van der Waals surface area contributed by atoms with E-state index in [1.54, 1.807) is 12.1 Å². The first-order valence-electron chi connectivity index (χ1n) is 5.98. The highest BCUT2D eigenvalue weighted by atomic mass is 35.5. The monoisotopic (exact) mass is 355 g/mol.